The fraction of sp³-hybridized carbons (Fsp3) is 0.0500. The maximum Gasteiger partial charge on any atom is 0.279 e. The quantitative estimate of drug-likeness (QED) is 0.414. The van der Waals surface area contributed by atoms with Crippen LogP contribution in [0, 0.1) is 0 Å². The fourth-order valence-electron chi connectivity index (χ4n) is 2.53. The Labute approximate surface area is 164 Å². The van der Waals surface area contributed by atoms with Gasteiger partial charge in [0.05, 0.1) is 12.0 Å². The van der Waals surface area contributed by atoms with Crippen molar-refractivity contribution in [1.82, 2.24) is 9.97 Å². The molecule has 4 rings (SSSR count). The lowest BCUT2D eigenvalue weighted by molar-refractivity contribution is 0.0985. The van der Waals surface area contributed by atoms with Gasteiger partial charge in [0.25, 0.3) is 5.91 Å². The van der Waals surface area contributed by atoms with E-state index in [4.69, 9.17) is 4.42 Å². The lowest BCUT2D eigenvalue weighted by atomic mass is 10.2. The molecule has 0 atom stereocenters. The highest BCUT2D eigenvalue weighted by atomic mass is 32.1. The standard InChI is InChI=1S/C20H15N3O2S2/c1-2-10-23(20-22-15(12-27-20)14-7-4-3-5-8-14)19(24)16-13-26-18(21-16)17-9-6-11-25-17/h2-9,11-13H,1,10H2. The Bertz CT molecular complexity index is 1050. The molecule has 0 radical (unpaired) electrons. The summed E-state index contributed by atoms with van der Waals surface area (Å²) in [5.74, 6) is 0.438. The van der Waals surface area contributed by atoms with Crippen LogP contribution in [0.3, 0.4) is 0 Å². The van der Waals surface area contributed by atoms with Gasteiger partial charge in [-0.15, -0.1) is 29.3 Å². The van der Waals surface area contributed by atoms with E-state index in [2.05, 4.69) is 16.5 Å². The number of carbonyl (C=O) groups is 1. The zero-order chi connectivity index (χ0) is 18.6. The van der Waals surface area contributed by atoms with E-state index >= 15 is 0 Å². The molecule has 0 saturated heterocycles. The lowest BCUT2D eigenvalue weighted by Gasteiger charge is -2.16. The Morgan fingerprint density at radius 3 is 2.70 bits per heavy atom. The molecule has 0 fully saturated rings. The predicted octanol–water partition coefficient (Wildman–Crippen LogP) is 5.36. The minimum atomic E-state index is -0.210. The van der Waals surface area contributed by atoms with Crippen molar-refractivity contribution in [2.24, 2.45) is 0 Å². The molecule has 0 aliphatic heterocycles. The highest BCUT2D eigenvalue weighted by Crippen LogP contribution is 2.29. The fourth-order valence-corrected chi connectivity index (χ4v) is 4.13. The van der Waals surface area contributed by atoms with Crippen molar-refractivity contribution in [3.63, 3.8) is 0 Å². The van der Waals surface area contributed by atoms with Crippen LogP contribution in [-0.4, -0.2) is 22.4 Å². The summed E-state index contributed by atoms with van der Waals surface area (Å²) in [7, 11) is 0. The summed E-state index contributed by atoms with van der Waals surface area (Å²) in [4.78, 5) is 23.7. The number of anilines is 1. The second-order valence-corrected chi connectivity index (χ2v) is 7.30. The van der Waals surface area contributed by atoms with E-state index in [1.165, 1.54) is 22.7 Å². The highest BCUT2D eigenvalue weighted by molar-refractivity contribution is 7.14. The Hall–Kier alpha value is -3.03. The van der Waals surface area contributed by atoms with Crippen LogP contribution in [0.1, 0.15) is 10.5 Å². The maximum absolute atomic E-state index is 13.0. The van der Waals surface area contributed by atoms with Gasteiger partial charge in [-0.3, -0.25) is 9.69 Å². The summed E-state index contributed by atoms with van der Waals surface area (Å²) in [5, 5.41) is 4.98. The van der Waals surface area contributed by atoms with Crippen molar-refractivity contribution in [1.29, 1.82) is 0 Å². The van der Waals surface area contributed by atoms with Crippen molar-refractivity contribution >= 4 is 33.7 Å². The number of furan rings is 1. The van der Waals surface area contributed by atoms with Gasteiger partial charge in [0.15, 0.2) is 15.9 Å². The van der Waals surface area contributed by atoms with E-state index in [1.54, 1.807) is 28.7 Å². The third kappa shape index (κ3) is 3.60. The number of amides is 1. The summed E-state index contributed by atoms with van der Waals surface area (Å²) in [5.41, 5.74) is 2.22. The molecule has 27 heavy (non-hydrogen) atoms. The minimum Gasteiger partial charge on any atom is -0.462 e. The molecule has 4 aromatic rings. The molecule has 1 aromatic carbocycles. The van der Waals surface area contributed by atoms with Crippen LogP contribution < -0.4 is 4.90 Å². The number of benzene rings is 1. The van der Waals surface area contributed by atoms with Crippen LogP contribution in [-0.2, 0) is 0 Å². The van der Waals surface area contributed by atoms with Crippen molar-refractivity contribution in [2.75, 3.05) is 11.4 Å². The van der Waals surface area contributed by atoms with Gasteiger partial charge in [0.1, 0.15) is 5.69 Å². The van der Waals surface area contributed by atoms with Crippen LogP contribution in [0.15, 0.2) is 76.6 Å². The second kappa shape index (κ2) is 7.69. The monoisotopic (exact) mass is 393 g/mol. The van der Waals surface area contributed by atoms with Crippen LogP contribution >= 0.6 is 22.7 Å². The molecule has 0 bridgehead atoms. The summed E-state index contributed by atoms with van der Waals surface area (Å²) in [6, 6.07) is 13.5. The van der Waals surface area contributed by atoms with Crippen LogP contribution in [0.4, 0.5) is 5.13 Å². The molecule has 7 heteroatoms. The zero-order valence-corrected chi connectivity index (χ0v) is 15.9. The van der Waals surface area contributed by atoms with Gasteiger partial charge >= 0.3 is 0 Å². The van der Waals surface area contributed by atoms with Crippen molar-refractivity contribution in [2.45, 2.75) is 0 Å². The molecule has 0 unspecified atom stereocenters. The molecule has 3 heterocycles. The number of aromatic nitrogens is 2. The van der Waals surface area contributed by atoms with Gasteiger partial charge in [-0.1, -0.05) is 36.4 Å². The highest BCUT2D eigenvalue weighted by Gasteiger charge is 2.23. The van der Waals surface area contributed by atoms with Crippen LogP contribution in [0.2, 0.25) is 0 Å². The zero-order valence-electron chi connectivity index (χ0n) is 14.2. The summed E-state index contributed by atoms with van der Waals surface area (Å²) >= 11 is 2.80. The molecule has 1 amide bonds. The number of nitrogens with zero attached hydrogens (tertiary/aromatic N) is 3. The number of thiazole rings is 2. The Balaban J connectivity index is 1.62. The SMILES string of the molecule is C=CCN(C(=O)c1csc(-c2ccco2)n1)c1nc(-c2ccccc2)cs1. The van der Waals surface area contributed by atoms with Crippen LogP contribution in [0.25, 0.3) is 22.0 Å². The van der Waals surface area contributed by atoms with E-state index in [1.807, 2.05) is 41.8 Å². The first-order chi connectivity index (χ1) is 13.3. The van der Waals surface area contributed by atoms with Gasteiger partial charge in [-0.25, -0.2) is 9.97 Å². The first-order valence-corrected chi connectivity index (χ1v) is 9.95. The first kappa shape index (κ1) is 17.4. The first-order valence-electron chi connectivity index (χ1n) is 8.19. The largest absolute Gasteiger partial charge is 0.462 e. The average molecular weight is 393 g/mol. The molecule has 0 saturated carbocycles. The van der Waals surface area contributed by atoms with E-state index in [-0.39, 0.29) is 5.91 Å². The normalized spacial score (nSPS) is 10.7. The molecule has 3 aromatic heterocycles. The molecule has 0 aliphatic rings. The summed E-state index contributed by atoms with van der Waals surface area (Å²) in [6.07, 6.45) is 3.27. The van der Waals surface area contributed by atoms with Gasteiger partial charge in [0.2, 0.25) is 0 Å². The van der Waals surface area contributed by atoms with Crippen molar-refractivity contribution in [3.05, 3.63) is 77.8 Å². The van der Waals surface area contributed by atoms with E-state index in [0.717, 1.165) is 11.3 Å². The van der Waals surface area contributed by atoms with Gasteiger partial charge in [-0.2, -0.15) is 0 Å². The van der Waals surface area contributed by atoms with Crippen molar-refractivity contribution < 1.29 is 9.21 Å². The molecular weight excluding hydrogens is 378 g/mol. The molecule has 5 nitrogen and oxygen atoms in total. The Morgan fingerprint density at radius 1 is 1.11 bits per heavy atom. The number of hydrogen-bond acceptors (Lipinski definition) is 6. The number of carbonyl (C=O) groups excluding carboxylic acids is 1. The van der Waals surface area contributed by atoms with Gasteiger partial charge < -0.3 is 4.42 Å². The smallest absolute Gasteiger partial charge is 0.279 e. The Kier molecular flexibility index (Phi) is 4.95. The van der Waals surface area contributed by atoms with E-state index < -0.39 is 0 Å². The van der Waals surface area contributed by atoms with Gasteiger partial charge in [-0.05, 0) is 12.1 Å². The molecular formula is C20H15N3O2S2. The van der Waals surface area contributed by atoms with E-state index in [9.17, 15) is 4.79 Å². The lowest BCUT2D eigenvalue weighted by Crippen LogP contribution is -2.31. The molecule has 134 valence electrons. The van der Waals surface area contributed by atoms with Gasteiger partial charge in [0, 0.05) is 22.9 Å². The van der Waals surface area contributed by atoms with E-state index in [0.29, 0.717) is 28.1 Å². The van der Waals surface area contributed by atoms with Crippen molar-refractivity contribution in [3.8, 4) is 22.0 Å². The molecule has 0 N–H and O–H groups in total. The second-order valence-electron chi connectivity index (χ2n) is 5.60. The number of rotatable bonds is 6. The summed E-state index contributed by atoms with van der Waals surface area (Å²) in [6.45, 7) is 4.12. The average Bonchev–Trinajstić information content (AvgIpc) is 3.47. The topological polar surface area (TPSA) is 59.2 Å². The predicted molar refractivity (Wildman–Crippen MR) is 109 cm³/mol. The minimum absolute atomic E-state index is 0.210. The Morgan fingerprint density at radius 2 is 1.96 bits per heavy atom. The molecule has 0 spiro atoms. The maximum atomic E-state index is 13.0. The van der Waals surface area contributed by atoms with Crippen LogP contribution in [0.5, 0.6) is 0 Å². The summed E-state index contributed by atoms with van der Waals surface area (Å²) < 4.78 is 5.35. The number of hydrogen-bond donors (Lipinski definition) is 0. The third-order valence-corrected chi connectivity index (χ3v) is 5.53. The third-order valence-electron chi connectivity index (χ3n) is 3.80. The molecule has 0 aliphatic carbocycles.